The second-order valence-corrected chi connectivity index (χ2v) is 3.77. The molecule has 0 spiro atoms. The van der Waals surface area contributed by atoms with Gasteiger partial charge in [0, 0.05) is 6.07 Å². The Morgan fingerprint density at radius 1 is 1.53 bits per heavy atom. The molecule has 1 rings (SSSR count). The first-order valence-electron chi connectivity index (χ1n) is 5.64. The highest BCUT2D eigenvalue weighted by atomic mass is 19.1. The van der Waals surface area contributed by atoms with Gasteiger partial charge in [0.25, 0.3) is 0 Å². The number of anilines is 1. The van der Waals surface area contributed by atoms with E-state index in [1.165, 1.54) is 6.07 Å². The molecule has 1 aromatic rings. The maximum Gasteiger partial charge on any atom is 0.305 e. The monoisotopic (exact) mass is 270 g/mol. The van der Waals surface area contributed by atoms with E-state index in [4.69, 9.17) is 15.6 Å². The summed E-state index contributed by atoms with van der Waals surface area (Å²) in [6, 6.07) is 2.42. The van der Waals surface area contributed by atoms with E-state index in [1.807, 2.05) is 0 Å². The summed E-state index contributed by atoms with van der Waals surface area (Å²) >= 11 is 0. The molecule has 0 fully saturated rings. The summed E-state index contributed by atoms with van der Waals surface area (Å²) in [6.45, 7) is 2.01. The summed E-state index contributed by atoms with van der Waals surface area (Å²) in [5.41, 5.74) is 5.66. The largest absolute Gasteiger partial charge is 0.492 e. The van der Waals surface area contributed by atoms with Crippen LogP contribution in [0, 0.1) is 5.82 Å². The number of hydrogen-bond donors (Lipinski definition) is 3. The summed E-state index contributed by atoms with van der Waals surface area (Å²) in [5, 5.41) is 10.9. The van der Waals surface area contributed by atoms with E-state index >= 15 is 0 Å². The molecule has 0 radical (unpaired) electrons. The van der Waals surface area contributed by atoms with Crippen molar-refractivity contribution in [1.82, 2.24) is 0 Å². The minimum Gasteiger partial charge on any atom is -0.492 e. The molecule has 1 atom stereocenters. The molecule has 0 saturated carbocycles. The fraction of sp³-hybridized carbons (Fsp3) is 0.333. The highest BCUT2D eigenvalue weighted by Crippen LogP contribution is 2.25. The van der Waals surface area contributed by atoms with Crippen molar-refractivity contribution in [3.05, 3.63) is 24.0 Å². The summed E-state index contributed by atoms with van der Waals surface area (Å²) in [4.78, 5) is 22.1. The molecule has 0 heterocycles. The van der Waals surface area contributed by atoms with E-state index in [-0.39, 0.29) is 11.4 Å². The van der Waals surface area contributed by atoms with Crippen LogP contribution in [-0.2, 0) is 9.59 Å². The first-order valence-corrected chi connectivity index (χ1v) is 5.64. The van der Waals surface area contributed by atoms with Gasteiger partial charge in [0.05, 0.1) is 24.8 Å². The number of carbonyl (C=O) groups is 2. The second-order valence-electron chi connectivity index (χ2n) is 3.77. The maximum absolute atomic E-state index is 13.0. The van der Waals surface area contributed by atoms with Crippen LogP contribution >= 0.6 is 0 Å². The maximum atomic E-state index is 13.0. The minimum absolute atomic E-state index is 0.165. The van der Waals surface area contributed by atoms with Crippen molar-refractivity contribution in [3.8, 4) is 5.75 Å². The minimum atomic E-state index is -1.18. The van der Waals surface area contributed by atoms with E-state index < -0.39 is 30.2 Å². The number of halogens is 1. The zero-order chi connectivity index (χ0) is 14.4. The lowest BCUT2D eigenvalue weighted by molar-refractivity contribution is -0.138. The molecule has 0 aliphatic carbocycles. The normalized spacial score (nSPS) is 11.7. The van der Waals surface area contributed by atoms with Crippen LogP contribution in [0.2, 0.25) is 0 Å². The molecule has 0 bridgehead atoms. The molecule has 6 nitrogen and oxygen atoms in total. The van der Waals surface area contributed by atoms with E-state index in [9.17, 15) is 14.0 Å². The van der Waals surface area contributed by atoms with Crippen molar-refractivity contribution in [2.45, 2.75) is 19.4 Å². The third kappa shape index (κ3) is 4.55. The van der Waals surface area contributed by atoms with Gasteiger partial charge in [0.2, 0.25) is 5.91 Å². The number of carboxylic acid groups (broad SMARTS) is 1. The number of rotatable bonds is 6. The summed E-state index contributed by atoms with van der Waals surface area (Å²) in [5.74, 6) is -2.18. The van der Waals surface area contributed by atoms with Crippen molar-refractivity contribution < 1.29 is 23.8 Å². The average Bonchev–Trinajstić information content (AvgIpc) is 2.32. The fourth-order valence-electron chi connectivity index (χ4n) is 1.38. The van der Waals surface area contributed by atoms with Gasteiger partial charge in [-0.3, -0.25) is 9.59 Å². The number of nitrogens with two attached hydrogens (primary N) is 1. The van der Waals surface area contributed by atoms with Crippen molar-refractivity contribution in [1.29, 1.82) is 0 Å². The van der Waals surface area contributed by atoms with Crippen LogP contribution in [-0.4, -0.2) is 29.6 Å². The molecule has 0 aromatic heterocycles. The summed E-state index contributed by atoms with van der Waals surface area (Å²) in [6.07, 6.45) is -0.489. The lowest BCUT2D eigenvalue weighted by Gasteiger charge is -2.14. The van der Waals surface area contributed by atoms with Gasteiger partial charge in [0.1, 0.15) is 11.6 Å². The van der Waals surface area contributed by atoms with Crippen LogP contribution in [0.25, 0.3) is 0 Å². The van der Waals surface area contributed by atoms with Crippen molar-refractivity contribution >= 4 is 17.6 Å². The van der Waals surface area contributed by atoms with Crippen LogP contribution in [0.15, 0.2) is 18.2 Å². The summed E-state index contributed by atoms with van der Waals surface area (Å²) < 4.78 is 18.2. The molecule has 0 aliphatic heterocycles. The Kier molecular flexibility index (Phi) is 5.25. The number of aliphatic carboxylic acids is 1. The standard InChI is InChI=1S/C12H15FN2O4/c1-2-19-10-5-7(13)3-4-9(10)15-12(18)8(14)6-11(16)17/h3-5,8H,2,6,14H2,1H3,(H,15,18)(H,16,17). The highest BCUT2D eigenvalue weighted by Gasteiger charge is 2.18. The third-order valence-electron chi connectivity index (χ3n) is 2.23. The van der Waals surface area contributed by atoms with Gasteiger partial charge in [-0.05, 0) is 19.1 Å². The van der Waals surface area contributed by atoms with Gasteiger partial charge in [-0.1, -0.05) is 0 Å². The molecule has 1 aromatic carbocycles. The van der Waals surface area contributed by atoms with Gasteiger partial charge in [-0.15, -0.1) is 0 Å². The number of amides is 1. The van der Waals surface area contributed by atoms with Gasteiger partial charge >= 0.3 is 5.97 Å². The first-order chi connectivity index (χ1) is 8.93. The van der Waals surface area contributed by atoms with Crippen LogP contribution in [0.5, 0.6) is 5.75 Å². The lowest BCUT2D eigenvalue weighted by Crippen LogP contribution is -2.37. The zero-order valence-electron chi connectivity index (χ0n) is 10.4. The van der Waals surface area contributed by atoms with E-state index in [0.717, 1.165) is 12.1 Å². The Bertz CT molecular complexity index is 479. The van der Waals surface area contributed by atoms with Gasteiger partial charge in [-0.25, -0.2) is 4.39 Å². The van der Waals surface area contributed by atoms with Crippen LogP contribution in [0.1, 0.15) is 13.3 Å². The Morgan fingerprint density at radius 3 is 2.79 bits per heavy atom. The Labute approximate surface area is 109 Å². The number of carboxylic acids is 1. The molecule has 104 valence electrons. The summed E-state index contributed by atoms with van der Waals surface area (Å²) in [7, 11) is 0. The predicted molar refractivity (Wildman–Crippen MR) is 66.4 cm³/mol. The zero-order valence-corrected chi connectivity index (χ0v) is 10.4. The topological polar surface area (TPSA) is 102 Å². The molecule has 1 amide bonds. The SMILES string of the molecule is CCOc1cc(F)ccc1NC(=O)C(N)CC(=O)O. The number of nitrogens with one attached hydrogen (secondary N) is 1. The molecule has 0 aliphatic rings. The first kappa shape index (κ1) is 14.9. The van der Waals surface area contributed by atoms with E-state index in [0.29, 0.717) is 6.61 Å². The van der Waals surface area contributed by atoms with Gasteiger partial charge < -0.3 is 20.9 Å². The number of carbonyl (C=O) groups excluding carboxylic acids is 1. The van der Waals surface area contributed by atoms with E-state index in [1.54, 1.807) is 6.92 Å². The smallest absolute Gasteiger partial charge is 0.305 e. The van der Waals surface area contributed by atoms with Crippen molar-refractivity contribution in [3.63, 3.8) is 0 Å². The Morgan fingerprint density at radius 2 is 2.21 bits per heavy atom. The highest BCUT2D eigenvalue weighted by molar-refractivity contribution is 5.97. The Hall–Kier alpha value is -2.15. The number of hydrogen-bond acceptors (Lipinski definition) is 4. The molecule has 7 heteroatoms. The molecular weight excluding hydrogens is 255 g/mol. The van der Waals surface area contributed by atoms with Crippen molar-refractivity contribution in [2.24, 2.45) is 5.73 Å². The molecule has 1 unspecified atom stereocenters. The van der Waals surface area contributed by atoms with Gasteiger partial charge in [0.15, 0.2) is 0 Å². The predicted octanol–water partition coefficient (Wildman–Crippen LogP) is 0.965. The number of benzene rings is 1. The quantitative estimate of drug-likeness (QED) is 0.714. The third-order valence-corrected chi connectivity index (χ3v) is 2.23. The molecule has 19 heavy (non-hydrogen) atoms. The molecule has 0 saturated heterocycles. The molecular formula is C12H15FN2O4. The Balaban J connectivity index is 2.81. The van der Waals surface area contributed by atoms with Gasteiger partial charge in [-0.2, -0.15) is 0 Å². The second kappa shape index (κ2) is 6.69. The number of ether oxygens (including phenoxy) is 1. The van der Waals surface area contributed by atoms with Crippen LogP contribution < -0.4 is 15.8 Å². The molecule has 4 N–H and O–H groups in total. The average molecular weight is 270 g/mol. The van der Waals surface area contributed by atoms with E-state index in [2.05, 4.69) is 5.32 Å². The van der Waals surface area contributed by atoms with Crippen LogP contribution in [0.3, 0.4) is 0 Å². The fourth-order valence-corrected chi connectivity index (χ4v) is 1.38. The van der Waals surface area contributed by atoms with Crippen LogP contribution in [0.4, 0.5) is 10.1 Å². The lowest BCUT2D eigenvalue weighted by atomic mass is 10.2. The van der Waals surface area contributed by atoms with Crippen molar-refractivity contribution in [2.75, 3.05) is 11.9 Å².